The summed E-state index contributed by atoms with van der Waals surface area (Å²) in [7, 11) is 0. The van der Waals surface area contributed by atoms with E-state index in [-0.39, 0.29) is 22.8 Å². The molecule has 1 saturated heterocycles. The third-order valence-electron chi connectivity index (χ3n) is 6.20. The molecule has 1 aliphatic heterocycles. The van der Waals surface area contributed by atoms with Gasteiger partial charge in [-0.15, -0.1) is 0 Å². The molecule has 4 rings (SSSR count). The van der Waals surface area contributed by atoms with E-state index in [9.17, 15) is 36.3 Å². The van der Waals surface area contributed by atoms with Gasteiger partial charge in [-0.25, -0.2) is 13.8 Å². The molecule has 1 aromatic carbocycles. The van der Waals surface area contributed by atoms with Gasteiger partial charge in [0.15, 0.2) is 11.5 Å². The third kappa shape index (κ3) is 4.77. The van der Waals surface area contributed by atoms with Crippen LogP contribution < -0.4 is 15.6 Å². The number of alkyl halides is 3. The van der Waals surface area contributed by atoms with Crippen molar-refractivity contribution in [2.24, 2.45) is 5.41 Å². The Balaban J connectivity index is 1.97. The summed E-state index contributed by atoms with van der Waals surface area (Å²) in [6.45, 7) is 4.52. The lowest BCUT2D eigenvalue weighted by Crippen LogP contribution is -2.44. The van der Waals surface area contributed by atoms with Crippen LogP contribution in [0.15, 0.2) is 35.3 Å². The van der Waals surface area contributed by atoms with Crippen molar-refractivity contribution in [1.82, 2.24) is 14.9 Å². The number of pyridine rings is 2. The van der Waals surface area contributed by atoms with Crippen molar-refractivity contribution in [2.45, 2.75) is 39.4 Å². The van der Waals surface area contributed by atoms with Crippen LogP contribution in [0.1, 0.15) is 37.6 Å². The summed E-state index contributed by atoms with van der Waals surface area (Å²) in [4.78, 5) is 44.4. The zero-order valence-electron chi connectivity index (χ0n) is 19.7. The van der Waals surface area contributed by atoms with Crippen molar-refractivity contribution < 1.29 is 31.5 Å². The summed E-state index contributed by atoms with van der Waals surface area (Å²) in [5, 5.41) is 0.975. The molecule has 0 saturated carbocycles. The molecule has 1 N–H and O–H groups in total. The fourth-order valence-corrected chi connectivity index (χ4v) is 4.27. The van der Waals surface area contributed by atoms with Gasteiger partial charge in [0.05, 0.1) is 10.4 Å². The standard InChI is InChI=1S/C24H20ClF5N4O3/c1-11(24(28,29)30)31-21(36)14-10-34(18-15(25)8-12(26)9-16(18)27)20-13(19(14)35)4-5-17(32-20)33-7-6-23(2,3)22(33)37/h4-5,8-11H,6-7H2,1-3H3,(H,31,36). The number of fused-ring (bicyclic) bond motifs is 1. The minimum atomic E-state index is -4.79. The lowest BCUT2D eigenvalue weighted by atomic mass is 9.92. The van der Waals surface area contributed by atoms with E-state index < -0.39 is 56.9 Å². The van der Waals surface area contributed by atoms with Crippen LogP contribution in [0, 0.1) is 17.0 Å². The number of halogens is 6. The highest BCUT2D eigenvalue weighted by molar-refractivity contribution is 6.32. The maximum absolute atomic E-state index is 14.9. The summed E-state index contributed by atoms with van der Waals surface area (Å²) in [6.07, 6.45) is -3.48. The quantitative estimate of drug-likeness (QED) is 0.482. The number of nitrogens with one attached hydrogen (secondary N) is 1. The van der Waals surface area contributed by atoms with E-state index in [1.165, 1.54) is 17.0 Å². The molecule has 3 heterocycles. The van der Waals surface area contributed by atoms with E-state index in [0.717, 1.165) is 16.8 Å². The first-order valence-corrected chi connectivity index (χ1v) is 11.4. The second-order valence-electron chi connectivity index (χ2n) is 9.33. The minimum Gasteiger partial charge on any atom is -0.340 e. The van der Waals surface area contributed by atoms with Crippen LogP contribution in [0.3, 0.4) is 0 Å². The van der Waals surface area contributed by atoms with E-state index in [2.05, 4.69) is 4.98 Å². The summed E-state index contributed by atoms with van der Waals surface area (Å²) in [6, 6.07) is 1.57. The molecule has 7 nitrogen and oxygen atoms in total. The van der Waals surface area contributed by atoms with E-state index in [1.54, 1.807) is 19.2 Å². The van der Waals surface area contributed by atoms with Gasteiger partial charge in [0.2, 0.25) is 11.3 Å². The highest BCUT2D eigenvalue weighted by atomic mass is 35.5. The smallest absolute Gasteiger partial charge is 0.340 e. The molecule has 1 atom stereocenters. The topological polar surface area (TPSA) is 84.3 Å². The molecule has 1 aliphatic rings. The summed E-state index contributed by atoms with van der Waals surface area (Å²) >= 11 is 6.09. The van der Waals surface area contributed by atoms with Gasteiger partial charge >= 0.3 is 6.18 Å². The summed E-state index contributed by atoms with van der Waals surface area (Å²) in [5.41, 5.74) is -3.14. The Hall–Kier alpha value is -3.54. The maximum Gasteiger partial charge on any atom is 0.408 e. The van der Waals surface area contributed by atoms with Crippen molar-refractivity contribution >= 4 is 40.3 Å². The highest BCUT2D eigenvalue weighted by Gasteiger charge is 2.40. The zero-order valence-corrected chi connectivity index (χ0v) is 20.5. The van der Waals surface area contributed by atoms with Gasteiger partial charge in [0, 0.05) is 24.2 Å². The Bertz CT molecular complexity index is 1480. The Morgan fingerprint density at radius 2 is 1.86 bits per heavy atom. The molecule has 2 aromatic heterocycles. The molecular weight excluding hydrogens is 523 g/mol. The van der Waals surface area contributed by atoms with E-state index >= 15 is 0 Å². The second kappa shape index (κ2) is 9.09. The molecule has 0 aliphatic carbocycles. The Labute approximate surface area is 211 Å². The normalized spacial score (nSPS) is 16.4. The van der Waals surface area contributed by atoms with Crippen molar-refractivity contribution in [2.75, 3.05) is 11.4 Å². The molecule has 0 bridgehead atoms. The van der Waals surface area contributed by atoms with Crippen LogP contribution in [-0.2, 0) is 4.79 Å². The average Bonchev–Trinajstić information content (AvgIpc) is 3.06. The van der Waals surface area contributed by atoms with Crippen LogP contribution in [0.4, 0.5) is 27.8 Å². The molecule has 0 spiro atoms. The van der Waals surface area contributed by atoms with Crippen LogP contribution in [-0.4, -0.2) is 40.1 Å². The van der Waals surface area contributed by atoms with Crippen molar-refractivity contribution in [1.29, 1.82) is 0 Å². The van der Waals surface area contributed by atoms with Crippen molar-refractivity contribution in [3.63, 3.8) is 0 Å². The fraction of sp³-hybridized carbons (Fsp3) is 0.333. The minimum absolute atomic E-state index is 0.123. The number of nitrogens with zero attached hydrogens (tertiary/aromatic N) is 3. The number of anilines is 1. The predicted octanol–water partition coefficient (Wildman–Crippen LogP) is 4.76. The number of aromatic nitrogens is 2. The maximum atomic E-state index is 14.9. The van der Waals surface area contributed by atoms with Crippen LogP contribution >= 0.6 is 11.6 Å². The van der Waals surface area contributed by atoms with E-state index in [4.69, 9.17) is 11.6 Å². The zero-order chi connectivity index (χ0) is 27.4. The number of carbonyl (C=O) groups excluding carboxylic acids is 2. The third-order valence-corrected chi connectivity index (χ3v) is 6.49. The first-order chi connectivity index (χ1) is 17.1. The number of amides is 2. The molecule has 13 heteroatoms. The van der Waals surface area contributed by atoms with E-state index in [0.29, 0.717) is 26.0 Å². The molecule has 3 aromatic rings. The first kappa shape index (κ1) is 26.5. The lowest BCUT2D eigenvalue weighted by Gasteiger charge is -2.21. The number of hydrogen-bond donors (Lipinski definition) is 1. The largest absolute Gasteiger partial charge is 0.408 e. The molecule has 0 radical (unpaired) electrons. The van der Waals surface area contributed by atoms with E-state index in [1.807, 2.05) is 0 Å². The van der Waals surface area contributed by atoms with Crippen molar-refractivity contribution in [3.8, 4) is 5.69 Å². The fourth-order valence-electron chi connectivity index (χ4n) is 3.98. The Kier molecular flexibility index (Phi) is 6.51. The van der Waals surface area contributed by atoms with Gasteiger partial charge in [0.1, 0.15) is 28.9 Å². The van der Waals surface area contributed by atoms with Crippen molar-refractivity contribution in [3.05, 3.63) is 62.9 Å². The van der Waals surface area contributed by atoms with Crippen LogP contribution in [0.5, 0.6) is 0 Å². The SMILES string of the molecule is CC(NC(=O)c1cn(-c2c(F)cc(F)cc2Cl)c2nc(N3CCC(C)(C)C3=O)ccc2c1=O)C(F)(F)F. The Morgan fingerprint density at radius 3 is 2.43 bits per heavy atom. The van der Waals surface area contributed by atoms with Crippen LogP contribution in [0.25, 0.3) is 16.7 Å². The predicted molar refractivity (Wildman–Crippen MR) is 126 cm³/mol. The summed E-state index contributed by atoms with van der Waals surface area (Å²) < 4.78 is 68.6. The van der Waals surface area contributed by atoms with Gasteiger partial charge in [0.25, 0.3) is 5.91 Å². The summed E-state index contributed by atoms with van der Waals surface area (Å²) in [5.74, 6) is -3.68. The molecule has 196 valence electrons. The highest BCUT2D eigenvalue weighted by Crippen LogP contribution is 2.34. The van der Waals surface area contributed by atoms with Gasteiger partial charge < -0.3 is 5.32 Å². The number of carbonyl (C=O) groups is 2. The molecule has 37 heavy (non-hydrogen) atoms. The van der Waals surface area contributed by atoms with Gasteiger partial charge in [-0.2, -0.15) is 13.2 Å². The Morgan fingerprint density at radius 1 is 1.19 bits per heavy atom. The van der Waals surface area contributed by atoms with Crippen LogP contribution in [0.2, 0.25) is 5.02 Å². The number of rotatable bonds is 4. The molecule has 1 unspecified atom stereocenters. The average molecular weight is 543 g/mol. The lowest BCUT2D eigenvalue weighted by molar-refractivity contribution is -0.149. The first-order valence-electron chi connectivity index (χ1n) is 11.0. The molecule has 2 amide bonds. The van der Waals surface area contributed by atoms with Gasteiger partial charge in [-0.3, -0.25) is 23.9 Å². The second-order valence-corrected chi connectivity index (χ2v) is 9.74. The number of benzene rings is 1. The monoisotopic (exact) mass is 542 g/mol. The van der Waals surface area contributed by atoms with Gasteiger partial charge in [-0.1, -0.05) is 25.4 Å². The molecule has 1 fully saturated rings. The molecular formula is C24H20ClF5N4O3. The van der Waals surface area contributed by atoms with Gasteiger partial charge in [-0.05, 0) is 31.5 Å². The number of hydrogen-bond acceptors (Lipinski definition) is 4.